The van der Waals surface area contributed by atoms with Crippen molar-refractivity contribution in [3.63, 3.8) is 0 Å². The molecule has 1 aromatic rings. The van der Waals surface area contributed by atoms with Gasteiger partial charge in [-0.2, -0.15) is 9.97 Å². The normalized spacial score (nSPS) is 17.2. The maximum atomic E-state index is 5.16. The standard InChI is InChI=1S/C14H24N4O2/c1-18(2)14(7-5-6-8-14)10-15-13-16-11(19-3)9-12(17-13)20-4/h9H,5-8,10H2,1-4H3,(H,15,16,17). The van der Waals surface area contributed by atoms with Crippen LogP contribution in [0, 0.1) is 0 Å². The van der Waals surface area contributed by atoms with Gasteiger partial charge in [0.1, 0.15) is 0 Å². The second kappa shape index (κ2) is 6.26. The molecule has 0 bridgehead atoms. The van der Waals surface area contributed by atoms with E-state index in [0.717, 1.165) is 6.54 Å². The summed E-state index contributed by atoms with van der Waals surface area (Å²) < 4.78 is 10.3. The molecule has 20 heavy (non-hydrogen) atoms. The van der Waals surface area contributed by atoms with Gasteiger partial charge in [-0.25, -0.2) is 0 Å². The van der Waals surface area contributed by atoms with Crippen LogP contribution in [0.15, 0.2) is 6.07 Å². The molecule has 1 heterocycles. The molecular weight excluding hydrogens is 256 g/mol. The van der Waals surface area contributed by atoms with Gasteiger partial charge in [0, 0.05) is 12.1 Å². The van der Waals surface area contributed by atoms with Gasteiger partial charge in [0.2, 0.25) is 17.7 Å². The highest BCUT2D eigenvalue weighted by atomic mass is 16.5. The predicted molar refractivity (Wildman–Crippen MR) is 78.5 cm³/mol. The van der Waals surface area contributed by atoms with E-state index in [-0.39, 0.29) is 5.54 Å². The van der Waals surface area contributed by atoms with E-state index in [0.29, 0.717) is 17.7 Å². The molecule has 6 heteroatoms. The summed E-state index contributed by atoms with van der Waals surface area (Å²) in [6.45, 7) is 0.830. The fourth-order valence-corrected chi connectivity index (χ4v) is 2.75. The smallest absolute Gasteiger partial charge is 0.229 e. The molecule has 6 nitrogen and oxygen atoms in total. The van der Waals surface area contributed by atoms with Crippen molar-refractivity contribution in [2.24, 2.45) is 0 Å². The summed E-state index contributed by atoms with van der Waals surface area (Å²) in [5.41, 5.74) is 0.194. The molecule has 0 radical (unpaired) electrons. The predicted octanol–water partition coefficient (Wildman–Crippen LogP) is 1.78. The third-order valence-corrected chi connectivity index (χ3v) is 4.16. The minimum absolute atomic E-state index is 0.194. The first kappa shape index (κ1) is 14.8. The molecule has 0 aliphatic heterocycles. The molecule has 2 rings (SSSR count). The van der Waals surface area contributed by atoms with Crippen LogP contribution in [0.3, 0.4) is 0 Å². The Morgan fingerprint density at radius 2 is 1.70 bits per heavy atom. The number of hydrogen-bond acceptors (Lipinski definition) is 6. The molecule has 0 unspecified atom stereocenters. The van der Waals surface area contributed by atoms with Crippen LogP contribution in [0.4, 0.5) is 5.95 Å². The van der Waals surface area contributed by atoms with Crippen molar-refractivity contribution >= 4 is 5.95 Å². The Morgan fingerprint density at radius 3 is 2.15 bits per heavy atom. The van der Waals surface area contributed by atoms with Crippen LogP contribution < -0.4 is 14.8 Å². The van der Waals surface area contributed by atoms with E-state index in [1.807, 2.05) is 0 Å². The van der Waals surface area contributed by atoms with Gasteiger partial charge in [-0.3, -0.25) is 0 Å². The van der Waals surface area contributed by atoms with Gasteiger partial charge in [0.25, 0.3) is 0 Å². The summed E-state index contributed by atoms with van der Waals surface area (Å²) >= 11 is 0. The Balaban J connectivity index is 2.09. The summed E-state index contributed by atoms with van der Waals surface area (Å²) in [7, 11) is 7.45. The maximum absolute atomic E-state index is 5.16. The number of rotatable bonds is 6. The first-order valence-corrected chi connectivity index (χ1v) is 6.98. The lowest BCUT2D eigenvalue weighted by Crippen LogP contribution is -2.47. The highest BCUT2D eigenvalue weighted by Crippen LogP contribution is 2.33. The second-order valence-corrected chi connectivity index (χ2v) is 5.46. The number of nitrogens with one attached hydrogen (secondary N) is 1. The Bertz CT molecular complexity index is 423. The van der Waals surface area contributed by atoms with Crippen molar-refractivity contribution in [3.8, 4) is 11.8 Å². The number of hydrogen-bond donors (Lipinski definition) is 1. The molecule has 0 amide bonds. The van der Waals surface area contributed by atoms with E-state index < -0.39 is 0 Å². The topological polar surface area (TPSA) is 59.5 Å². The average Bonchev–Trinajstić information content (AvgIpc) is 2.95. The summed E-state index contributed by atoms with van der Waals surface area (Å²) in [6, 6.07) is 1.67. The Morgan fingerprint density at radius 1 is 1.15 bits per heavy atom. The minimum Gasteiger partial charge on any atom is -0.481 e. The average molecular weight is 280 g/mol. The molecule has 1 N–H and O–H groups in total. The summed E-state index contributed by atoms with van der Waals surface area (Å²) in [6.07, 6.45) is 4.96. The van der Waals surface area contributed by atoms with Crippen molar-refractivity contribution in [1.29, 1.82) is 0 Å². The summed E-state index contributed by atoms with van der Waals surface area (Å²) in [5, 5.41) is 3.33. The highest BCUT2D eigenvalue weighted by Gasteiger charge is 2.35. The van der Waals surface area contributed by atoms with Crippen molar-refractivity contribution in [3.05, 3.63) is 6.07 Å². The van der Waals surface area contributed by atoms with E-state index in [4.69, 9.17) is 9.47 Å². The fourth-order valence-electron chi connectivity index (χ4n) is 2.75. The SMILES string of the molecule is COc1cc(OC)nc(NCC2(N(C)C)CCCC2)n1. The van der Waals surface area contributed by atoms with E-state index >= 15 is 0 Å². The van der Waals surface area contributed by atoms with Crippen molar-refractivity contribution in [2.45, 2.75) is 31.2 Å². The van der Waals surface area contributed by atoms with Crippen LogP contribution in [0.2, 0.25) is 0 Å². The van der Waals surface area contributed by atoms with Gasteiger partial charge in [-0.05, 0) is 26.9 Å². The largest absolute Gasteiger partial charge is 0.481 e. The quantitative estimate of drug-likeness (QED) is 0.857. The molecule has 0 spiro atoms. The lowest BCUT2D eigenvalue weighted by Gasteiger charge is -2.36. The molecular formula is C14H24N4O2. The Hall–Kier alpha value is -1.56. The third-order valence-electron chi connectivity index (χ3n) is 4.16. The number of aromatic nitrogens is 2. The number of nitrogens with zero attached hydrogens (tertiary/aromatic N) is 3. The zero-order valence-electron chi connectivity index (χ0n) is 12.8. The maximum Gasteiger partial charge on any atom is 0.229 e. The number of ether oxygens (including phenoxy) is 2. The van der Waals surface area contributed by atoms with Gasteiger partial charge in [0.15, 0.2) is 0 Å². The number of likely N-dealkylation sites (N-methyl/N-ethyl adjacent to an activating group) is 1. The van der Waals surface area contributed by atoms with Gasteiger partial charge < -0.3 is 19.7 Å². The molecule has 1 saturated carbocycles. The van der Waals surface area contributed by atoms with Gasteiger partial charge in [0.05, 0.1) is 20.3 Å². The number of anilines is 1. The van der Waals surface area contributed by atoms with Crippen LogP contribution >= 0.6 is 0 Å². The molecule has 0 saturated heterocycles. The van der Waals surface area contributed by atoms with Crippen LogP contribution in [0.1, 0.15) is 25.7 Å². The van der Waals surface area contributed by atoms with Crippen LogP contribution in [0.5, 0.6) is 11.8 Å². The van der Waals surface area contributed by atoms with Crippen molar-refractivity contribution < 1.29 is 9.47 Å². The lowest BCUT2D eigenvalue weighted by molar-refractivity contribution is 0.172. The van der Waals surface area contributed by atoms with Crippen LogP contribution in [-0.2, 0) is 0 Å². The number of methoxy groups -OCH3 is 2. The minimum atomic E-state index is 0.194. The van der Waals surface area contributed by atoms with Gasteiger partial charge in [-0.1, -0.05) is 12.8 Å². The van der Waals surface area contributed by atoms with Gasteiger partial charge in [-0.15, -0.1) is 0 Å². The Labute approximate surface area is 120 Å². The van der Waals surface area contributed by atoms with E-state index in [1.165, 1.54) is 25.7 Å². The van der Waals surface area contributed by atoms with Crippen LogP contribution in [-0.4, -0.2) is 55.3 Å². The monoisotopic (exact) mass is 280 g/mol. The lowest BCUT2D eigenvalue weighted by atomic mass is 9.96. The first-order chi connectivity index (χ1) is 9.59. The Kier molecular flexibility index (Phi) is 4.65. The van der Waals surface area contributed by atoms with E-state index in [1.54, 1.807) is 20.3 Å². The molecule has 0 aromatic carbocycles. The zero-order valence-corrected chi connectivity index (χ0v) is 12.8. The molecule has 1 aromatic heterocycles. The molecule has 1 aliphatic carbocycles. The van der Waals surface area contributed by atoms with Gasteiger partial charge >= 0.3 is 0 Å². The van der Waals surface area contributed by atoms with Crippen molar-refractivity contribution in [2.75, 3.05) is 40.2 Å². The molecule has 112 valence electrons. The summed E-state index contributed by atoms with van der Waals surface area (Å²) in [4.78, 5) is 10.9. The molecule has 1 fully saturated rings. The fraction of sp³-hybridized carbons (Fsp3) is 0.714. The van der Waals surface area contributed by atoms with E-state index in [2.05, 4.69) is 34.3 Å². The third kappa shape index (κ3) is 3.12. The highest BCUT2D eigenvalue weighted by molar-refractivity contribution is 5.34. The van der Waals surface area contributed by atoms with Crippen molar-refractivity contribution in [1.82, 2.24) is 14.9 Å². The van der Waals surface area contributed by atoms with Crippen LogP contribution in [0.25, 0.3) is 0 Å². The summed E-state index contributed by atoms with van der Waals surface area (Å²) in [5.74, 6) is 1.56. The van der Waals surface area contributed by atoms with E-state index in [9.17, 15) is 0 Å². The molecule has 0 atom stereocenters. The second-order valence-electron chi connectivity index (χ2n) is 5.46. The first-order valence-electron chi connectivity index (χ1n) is 6.98. The molecule has 1 aliphatic rings. The zero-order chi connectivity index (χ0) is 14.6.